The van der Waals surface area contributed by atoms with Crippen molar-refractivity contribution in [2.24, 2.45) is 0 Å². The van der Waals surface area contributed by atoms with E-state index >= 15 is 0 Å². The second kappa shape index (κ2) is 2.83. The average molecular weight is 199 g/mol. The molecular formula is C12H10NP. The summed E-state index contributed by atoms with van der Waals surface area (Å²) in [6.07, 6.45) is 0. The molecule has 0 bridgehead atoms. The quantitative estimate of drug-likeness (QED) is 0.489. The van der Waals surface area contributed by atoms with Gasteiger partial charge in [-0.1, -0.05) is 36.4 Å². The van der Waals surface area contributed by atoms with Crippen molar-refractivity contribution in [3.8, 4) is 0 Å². The molecule has 0 saturated heterocycles. The monoisotopic (exact) mass is 199 g/mol. The summed E-state index contributed by atoms with van der Waals surface area (Å²) >= 11 is 0. The molecule has 0 spiro atoms. The van der Waals surface area contributed by atoms with Crippen LogP contribution in [0.1, 0.15) is 0 Å². The molecule has 3 aromatic rings. The summed E-state index contributed by atoms with van der Waals surface area (Å²) in [6, 6.07) is 16.9. The highest BCUT2D eigenvalue weighted by atomic mass is 31.0. The number of benzene rings is 2. The molecule has 0 aliphatic rings. The Hall–Kier alpha value is -1.33. The van der Waals surface area contributed by atoms with Gasteiger partial charge in [-0.05, 0) is 21.5 Å². The lowest BCUT2D eigenvalue weighted by atomic mass is 10.2. The highest BCUT2D eigenvalue weighted by Gasteiger charge is 2.05. The molecule has 68 valence electrons. The molecule has 2 aromatic carbocycles. The van der Waals surface area contributed by atoms with Crippen molar-refractivity contribution < 1.29 is 0 Å². The summed E-state index contributed by atoms with van der Waals surface area (Å²) in [6.45, 7) is 0. The Kier molecular flexibility index (Phi) is 1.62. The van der Waals surface area contributed by atoms with Crippen molar-refractivity contribution in [3.63, 3.8) is 0 Å². The van der Waals surface area contributed by atoms with E-state index in [2.05, 4.69) is 62.3 Å². The van der Waals surface area contributed by atoms with E-state index in [1.54, 1.807) is 0 Å². The second-order valence-electron chi connectivity index (χ2n) is 3.40. The zero-order valence-corrected chi connectivity index (χ0v) is 8.80. The maximum Gasteiger partial charge on any atom is 0.0521 e. The van der Waals surface area contributed by atoms with Gasteiger partial charge in [-0.3, -0.25) is 0 Å². The number of hydrogen-bond donors (Lipinski definition) is 0. The van der Waals surface area contributed by atoms with Crippen LogP contribution in [0.3, 0.4) is 0 Å². The number of fused-ring (bicyclic) bond motifs is 3. The van der Waals surface area contributed by atoms with E-state index in [0.717, 1.165) is 0 Å². The third-order valence-corrected chi connectivity index (χ3v) is 3.17. The first-order chi connectivity index (χ1) is 6.88. The molecule has 0 aliphatic carbocycles. The predicted molar refractivity (Wildman–Crippen MR) is 64.6 cm³/mol. The van der Waals surface area contributed by atoms with Crippen LogP contribution in [0.2, 0.25) is 0 Å². The lowest BCUT2D eigenvalue weighted by Gasteiger charge is -1.95. The van der Waals surface area contributed by atoms with E-state index in [0.29, 0.717) is 0 Å². The van der Waals surface area contributed by atoms with Crippen molar-refractivity contribution in [2.45, 2.75) is 0 Å². The lowest BCUT2D eigenvalue weighted by Crippen LogP contribution is -1.75. The third kappa shape index (κ3) is 0.935. The summed E-state index contributed by atoms with van der Waals surface area (Å²) in [7, 11) is 2.76. The van der Waals surface area contributed by atoms with E-state index in [1.807, 2.05) is 0 Å². The molecule has 1 aromatic heterocycles. The zero-order chi connectivity index (χ0) is 9.54. The molecule has 2 heteroatoms. The van der Waals surface area contributed by atoms with Crippen LogP contribution in [-0.2, 0) is 0 Å². The average Bonchev–Trinajstić information content (AvgIpc) is 2.55. The molecule has 1 atom stereocenters. The Balaban J connectivity index is 2.69. The standard InChI is InChI=1S/C12H10NP/c14-13-11-7-3-1-5-9(11)10-6-2-4-8-12(10)13/h1-8H,14H2. The van der Waals surface area contributed by atoms with Crippen LogP contribution in [0.4, 0.5) is 0 Å². The van der Waals surface area contributed by atoms with E-state index < -0.39 is 0 Å². The van der Waals surface area contributed by atoms with Gasteiger partial charge in [-0.25, -0.2) is 0 Å². The highest BCUT2D eigenvalue weighted by Crippen LogP contribution is 2.29. The first-order valence-corrected chi connectivity index (χ1v) is 5.13. The first-order valence-electron chi connectivity index (χ1n) is 4.61. The zero-order valence-electron chi connectivity index (χ0n) is 7.64. The molecule has 1 heterocycles. The number of hydrogen-bond acceptors (Lipinski definition) is 0. The second-order valence-corrected chi connectivity index (χ2v) is 3.92. The van der Waals surface area contributed by atoms with Gasteiger partial charge < -0.3 is 4.34 Å². The molecule has 3 rings (SSSR count). The van der Waals surface area contributed by atoms with Gasteiger partial charge in [0.25, 0.3) is 0 Å². The van der Waals surface area contributed by atoms with Crippen LogP contribution in [0.25, 0.3) is 21.8 Å². The maximum absolute atomic E-state index is 2.76. The van der Waals surface area contributed by atoms with Crippen molar-refractivity contribution in [1.82, 2.24) is 4.34 Å². The smallest absolute Gasteiger partial charge is 0.0521 e. The molecule has 0 aliphatic heterocycles. The van der Waals surface area contributed by atoms with Gasteiger partial charge in [0.15, 0.2) is 0 Å². The normalized spacial score (nSPS) is 11.2. The van der Waals surface area contributed by atoms with E-state index in [9.17, 15) is 0 Å². The van der Waals surface area contributed by atoms with Crippen LogP contribution in [-0.4, -0.2) is 4.34 Å². The van der Waals surface area contributed by atoms with Crippen LogP contribution in [0, 0.1) is 0 Å². The van der Waals surface area contributed by atoms with E-state index in [1.165, 1.54) is 21.8 Å². The lowest BCUT2D eigenvalue weighted by molar-refractivity contribution is 1.43. The third-order valence-electron chi connectivity index (χ3n) is 2.62. The molecule has 0 amide bonds. The van der Waals surface area contributed by atoms with Crippen molar-refractivity contribution in [3.05, 3.63) is 48.5 Å². The van der Waals surface area contributed by atoms with Gasteiger partial charge >= 0.3 is 0 Å². The van der Waals surface area contributed by atoms with Gasteiger partial charge in [0.05, 0.1) is 11.0 Å². The molecule has 1 nitrogen and oxygen atoms in total. The van der Waals surface area contributed by atoms with Crippen molar-refractivity contribution in [2.75, 3.05) is 0 Å². The maximum atomic E-state index is 2.76. The minimum Gasteiger partial charge on any atom is -0.325 e. The van der Waals surface area contributed by atoms with Gasteiger partial charge in [-0.15, -0.1) is 0 Å². The molecule has 0 saturated carbocycles. The Labute approximate surface area is 84.6 Å². The molecule has 0 radical (unpaired) electrons. The summed E-state index contributed by atoms with van der Waals surface area (Å²) in [5, 5.41) is 2.64. The van der Waals surface area contributed by atoms with Gasteiger partial charge in [0, 0.05) is 10.8 Å². The molecular weight excluding hydrogens is 189 g/mol. The largest absolute Gasteiger partial charge is 0.325 e. The van der Waals surface area contributed by atoms with E-state index in [-0.39, 0.29) is 0 Å². The molecule has 14 heavy (non-hydrogen) atoms. The Morgan fingerprint density at radius 3 is 1.64 bits per heavy atom. The fourth-order valence-corrected chi connectivity index (χ4v) is 2.40. The Bertz CT molecular complexity index is 557. The minimum absolute atomic E-state index is 1.26. The summed E-state index contributed by atoms with van der Waals surface area (Å²) < 4.78 is 2.16. The van der Waals surface area contributed by atoms with Gasteiger partial charge in [-0.2, -0.15) is 0 Å². The van der Waals surface area contributed by atoms with Gasteiger partial charge in [0.1, 0.15) is 0 Å². The fourth-order valence-electron chi connectivity index (χ4n) is 1.95. The van der Waals surface area contributed by atoms with Crippen LogP contribution in [0.15, 0.2) is 48.5 Å². The summed E-state index contributed by atoms with van der Waals surface area (Å²) in [4.78, 5) is 0. The number of rotatable bonds is 0. The van der Waals surface area contributed by atoms with E-state index in [4.69, 9.17) is 0 Å². The van der Waals surface area contributed by atoms with Crippen molar-refractivity contribution in [1.29, 1.82) is 0 Å². The van der Waals surface area contributed by atoms with Gasteiger partial charge in [0.2, 0.25) is 0 Å². The highest BCUT2D eigenvalue weighted by molar-refractivity contribution is 7.15. The fraction of sp³-hybridized carbons (Fsp3) is 0. The predicted octanol–water partition coefficient (Wildman–Crippen LogP) is 3.43. The van der Waals surface area contributed by atoms with Crippen LogP contribution >= 0.6 is 9.39 Å². The Morgan fingerprint density at radius 1 is 0.714 bits per heavy atom. The minimum atomic E-state index is 1.26. The van der Waals surface area contributed by atoms with Crippen LogP contribution in [0.5, 0.6) is 0 Å². The number of para-hydroxylation sites is 2. The molecule has 0 N–H and O–H groups in total. The summed E-state index contributed by atoms with van der Waals surface area (Å²) in [5.41, 5.74) is 2.53. The topological polar surface area (TPSA) is 4.93 Å². The number of nitrogens with zero attached hydrogens (tertiary/aromatic N) is 1. The SMILES string of the molecule is Pn1c2ccccc2c2ccccc21. The Morgan fingerprint density at radius 2 is 1.14 bits per heavy atom. The van der Waals surface area contributed by atoms with Crippen molar-refractivity contribution >= 4 is 31.2 Å². The summed E-state index contributed by atoms with van der Waals surface area (Å²) in [5.74, 6) is 0. The molecule has 1 unspecified atom stereocenters. The first kappa shape index (κ1) is 8.02. The molecule has 0 fully saturated rings. The number of aromatic nitrogens is 1. The van der Waals surface area contributed by atoms with Crippen LogP contribution < -0.4 is 0 Å².